The fraction of sp³-hybridized carbons (Fsp3) is 0.250. The predicted molar refractivity (Wildman–Crippen MR) is 106 cm³/mol. The Kier molecular flexibility index (Phi) is 4.19. The van der Waals surface area contributed by atoms with E-state index < -0.39 is 0 Å². The number of nitrogens with one attached hydrogen (secondary N) is 2. The summed E-state index contributed by atoms with van der Waals surface area (Å²) in [6, 6.07) is 11.5. The lowest BCUT2D eigenvalue weighted by atomic mass is 10.2. The Morgan fingerprint density at radius 2 is 2.17 bits per heavy atom. The lowest BCUT2D eigenvalue weighted by Gasteiger charge is -2.17. The Labute approximate surface area is 166 Å². The smallest absolute Gasteiger partial charge is 0.272 e. The van der Waals surface area contributed by atoms with Gasteiger partial charge in [0.25, 0.3) is 11.8 Å². The van der Waals surface area contributed by atoms with Crippen LogP contribution in [-0.4, -0.2) is 50.4 Å². The number of benzene rings is 1. The third kappa shape index (κ3) is 3.31. The maximum absolute atomic E-state index is 12.7. The second kappa shape index (κ2) is 7.01. The average molecular weight is 389 g/mol. The summed E-state index contributed by atoms with van der Waals surface area (Å²) in [5, 5.41) is 14.8. The topological polar surface area (TPSA) is 113 Å². The highest BCUT2D eigenvalue weighted by molar-refractivity contribution is 6.04. The molecule has 3 aromatic heterocycles. The zero-order valence-electron chi connectivity index (χ0n) is 15.8. The van der Waals surface area contributed by atoms with Gasteiger partial charge in [0.05, 0.1) is 11.1 Å². The number of pyridine rings is 1. The van der Waals surface area contributed by atoms with E-state index in [1.165, 1.54) is 0 Å². The van der Waals surface area contributed by atoms with Crippen molar-refractivity contribution in [2.24, 2.45) is 0 Å². The maximum atomic E-state index is 12.7. The molecule has 0 saturated carbocycles. The van der Waals surface area contributed by atoms with Crippen molar-refractivity contribution >= 4 is 22.6 Å². The summed E-state index contributed by atoms with van der Waals surface area (Å²) in [4.78, 5) is 23.6. The molecule has 1 saturated heterocycles. The molecule has 4 heterocycles. The first-order chi connectivity index (χ1) is 14.2. The summed E-state index contributed by atoms with van der Waals surface area (Å²) < 4.78 is 5.17. The van der Waals surface area contributed by atoms with Crippen LogP contribution in [-0.2, 0) is 0 Å². The van der Waals surface area contributed by atoms with Crippen molar-refractivity contribution in [3.8, 4) is 11.5 Å². The van der Waals surface area contributed by atoms with E-state index in [2.05, 4.69) is 35.5 Å². The number of para-hydroxylation sites is 1. The number of carbonyl (C=O) groups is 1. The number of hydrogen-bond acceptors (Lipinski definition) is 7. The normalized spacial score (nSPS) is 16.4. The molecule has 1 amide bonds. The predicted octanol–water partition coefficient (Wildman–Crippen LogP) is 2.33. The number of amides is 1. The van der Waals surface area contributed by atoms with Crippen molar-refractivity contribution in [2.45, 2.75) is 19.4 Å². The van der Waals surface area contributed by atoms with E-state index in [4.69, 9.17) is 4.52 Å². The number of hydrogen-bond donors (Lipinski definition) is 2. The van der Waals surface area contributed by atoms with Crippen LogP contribution in [0.1, 0.15) is 22.7 Å². The molecule has 1 aromatic carbocycles. The fourth-order valence-corrected chi connectivity index (χ4v) is 3.59. The Balaban J connectivity index is 1.25. The SMILES string of the molecule is Cc1noc(-c2ccc(N3CCC(NC(=O)c4n[nH]c5ccccc45)C3)nc2)n1. The average Bonchev–Trinajstić information content (AvgIpc) is 3.47. The van der Waals surface area contributed by atoms with Crippen LogP contribution in [0.2, 0.25) is 0 Å². The summed E-state index contributed by atoms with van der Waals surface area (Å²) >= 11 is 0. The van der Waals surface area contributed by atoms with Crippen molar-refractivity contribution in [1.82, 2.24) is 30.6 Å². The molecule has 0 bridgehead atoms. The first-order valence-corrected chi connectivity index (χ1v) is 9.43. The van der Waals surface area contributed by atoms with Gasteiger partial charge in [0.2, 0.25) is 0 Å². The van der Waals surface area contributed by atoms with Gasteiger partial charge in [-0.05, 0) is 31.5 Å². The molecule has 4 aromatic rings. The summed E-state index contributed by atoms with van der Waals surface area (Å²) in [6.45, 7) is 3.29. The quantitative estimate of drug-likeness (QED) is 0.551. The highest BCUT2D eigenvalue weighted by Crippen LogP contribution is 2.23. The third-order valence-electron chi connectivity index (χ3n) is 5.06. The van der Waals surface area contributed by atoms with Gasteiger partial charge in [0.15, 0.2) is 11.5 Å². The highest BCUT2D eigenvalue weighted by Gasteiger charge is 2.26. The first kappa shape index (κ1) is 17.4. The zero-order chi connectivity index (χ0) is 19.8. The number of nitrogens with zero attached hydrogens (tertiary/aromatic N) is 5. The Hall–Kier alpha value is -3.75. The molecule has 0 spiro atoms. The van der Waals surface area contributed by atoms with Gasteiger partial charge in [0, 0.05) is 30.7 Å². The van der Waals surface area contributed by atoms with Gasteiger partial charge < -0.3 is 14.7 Å². The Morgan fingerprint density at radius 3 is 2.97 bits per heavy atom. The van der Waals surface area contributed by atoms with E-state index >= 15 is 0 Å². The van der Waals surface area contributed by atoms with Gasteiger partial charge >= 0.3 is 0 Å². The van der Waals surface area contributed by atoms with Crippen LogP contribution in [0.5, 0.6) is 0 Å². The van der Waals surface area contributed by atoms with E-state index in [-0.39, 0.29) is 11.9 Å². The van der Waals surface area contributed by atoms with Gasteiger partial charge in [0.1, 0.15) is 5.82 Å². The third-order valence-corrected chi connectivity index (χ3v) is 5.06. The molecule has 9 nitrogen and oxygen atoms in total. The number of fused-ring (bicyclic) bond motifs is 1. The monoisotopic (exact) mass is 389 g/mol. The van der Waals surface area contributed by atoms with Crippen molar-refractivity contribution in [1.29, 1.82) is 0 Å². The minimum absolute atomic E-state index is 0.0398. The van der Waals surface area contributed by atoms with Crippen LogP contribution < -0.4 is 10.2 Å². The molecule has 146 valence electrons. The number of H-pyrrole nitrogens is 1. The second-order valence-corrected chi connectivity index (χ2v) is 7.07. The molecule has 1 atom stereocenters. The largest absolute Gasteiger partial charge is 0.354 e. The summed E-state index contributed by atoms with van der Waals surface area (Å²) in [7, 11) is 0. The zero-order valence-corrected chi connectivity index (χ0v) is 15.8. The van der Waals surface area contributed by atoms with Gasteiger partial charge in [-0.25, -0.2) is 4.98 Å². The summed E-state index contributed by atoms with van der Waals surface area (Å²) in [5.74, 6) is 1.74. The van der Waals surface area contributed by atoms with Crippen LogP contribution >= 0.6 is 0 Å². The Morgan fingerprint density at radius 1 is 1.28 bits per heavy atom. The first-order valence-electron chi connectivity index (χ1n) is 9.43. The maximum Gasteiger partial charge on any atom is 0.272 e. The van der Waals surface area contributed by atoms with Gasteiger partial charge in [-0.1, -0.05) is 23.4 Å². The molecule has 1 aliphatic heterocycles. The minimum Gasteiger partial charge on any atom is -0.354 e. The standard InChI is InChI=1S/C20H19N7O2/c1-12-22-20(29-26-12)13-6-7-17(21-10-13)27-9-8-14(11-27)23-19(28)18-15-4-2-3-5-16(15)24-25-18/h2-7,10,14H,8-9,11H2,1H3,(H,23,28)(H,24,25). The summed E-state index contributed by atoms with van der Waals surface area (Å²) in [5.41, 5.74) is 2.06. The number of rotatable bonds is 4. The van der Waals surface area contributed by atoms with E-state index in [0.717, 1.165) is 35.2 Å². The minimum atomic E-state index is -0.163. The number of carbonyl (C=O) groups excluding carboxylic acids is 1. The van der Waals surface area contributed by atoms with Gasteiger partial charge in [-0.3, -0.25) is 9.89 Å². The molecule has 5 rings (SSSR count). The van der Waals surface area contributed by atoms with E-state index in [0.29, 0.717) is 24.0 Å². The number of aryl methyl sites for hydroxylation is 1. The molecular formula is C20H19N7O2. The van der Waals surface area contributed by atoms with E-state index in [1.807, 2.05) is 36.4 Å². The van der Waals surface area contributed by atoms with Crippen LogP contribution in [0, 0.1) is 6.92 Å². The molecular weight excluding hydrogens is 370 g/mol. The van der Waals surface area contributed by atoms with E-state index in [9.17, 15) is 4.79 Å². The molecule has 29 heavy (non-hydrogen) atoms. The fourth-order valence-electron chi connectivity index (χ4n) is 3.59. The second-order valence-electron chi connectivity index (χ2n) is 7.07. The lowest BCUT2D eigenvalue weighted by Crippen LogP contribution is -2.37. The number of anilines is 1. The van der Waals surface area contributed by atoms with Crippen LogP contribution in [0.3, 0.4) is 0 Å². The van der Waals surface area contributed by atoms with Crippen molar-refractivity contribution < 1.29 is 9.32 Å². The molecule has 1 aliphatic rings. The van der Waals surface area contributed by atoms with Crippen molar-refractivity contribution in [3.63, 3.8) is 0 Å². The number of aromatic nitrogens is 5. The Bertz CT molecular complexity index is 1170. The molecule has 2 N–H and O–H groups in total. The summed E-state index contributed by atoms with van der Waals surface area (Å²) in [6.07, 6.45) is 2.57. The lowest BCUT2D eigenvalue weighted by molar-refractivity contribution is 0.0937. The van der Waals surface area contributed by atoms with Crippen LogP contribution in [0.15, 0.2) is 47.1 Å². The van der Waals surface area contributed by atoms with Crippen molar-refractivity contribution in [3.05, 3.63) is 54.1 Å². The van der Waals surface area contributed by atoms with E-state index in [1.54, 1.807) is 13.1 Å². The molecule has 1 fully saturated rings. The van der Waals surface area contributed by atoms with Gasteiger partial charge in [-0.15, -0.1) is 0 Å². The molecule has 9 heteroatoms. The molecule has 1 unspecified atom stereocenters. The highest BCUT2D eigenvalue weighted by atomic mass is 16.5. The number of aromatic amines is 1. The van der Waals surface area contributed by atoms with Crippen LogP contribution in [0.4, 0.5) is 5.82 Å². The van der Waals surface area contributed by atoms with Gasteiger partial charge in [-0.2, -0.15) is 10.1 Å². The molecule has 0 aliphatic carbocycles. The molecule has 0 radical (unpaired) electrons. The van der Waals surface area contributed by atoms with Crippen LogP contribution in [0.25, 0.3) is 22.4 Å². The van der Waals surface area contributed by atoms with Crippen molar-refractivity contribution in [2.75, 3.05) is 18.0 Å².